The average molecular weight is 444 g/mol. The molecule has 0 spiro atoms. The van der Waals surface area contributed by atoms with Gasteiger partial charge in [-0.15, -0.1) is 23.1 Å². The number of ether oxygens (including phenoxy) is 1. The van der Waals surface area contributed by atoms with E-state index in [9.17, 15) is 4.39 Å². The van der Waals surface area contributed by atoms with E-state index in [-0.39, 0.29) is 17.5 Å². The SMILES string of the molecule is CC(C)OC1(CSc2ccc(F)cc2)CCN(CCc2csc3ccccc23)CC1. The fourth-order valence-electron chi connectivity index (χ4n) is 4.23. The molecule has 2 nitrogen and oxygen atoms in total. The number of nitrogens with zero attached hydrogens (tertiary/aromatic N) is 1. The third-order valence-corrected chi connectivity index (χ3v) is 8.12. The van der Waals surface area contributed by atoms with E-state index in [4.69, 9.17) is 4.74 Å². The Kier molecular flexibility index (Phi) is 7.14. The number of hydrogen-bond acceptors (Lipinski definition) is 4. The van der Waals surface area contributed by atoms with Crippen LogP contribution in [0.4, 0.5) is 4.39 Å². The molecular weight excluding hydrogens is 413 g/mol. The summed E-state index contributed by atoms with van der Waals surface area (Å²) in [6.45, 7) is 7.48. The molecule has 0 aliphatic carbocycles. The van der Waals surface area contributed by atoms with Gasteiger partial charge in [-0.25, -0.2) is 4.39 Å². The number of hydrogen-bond donors (Lipinski definition) is 0. The first-order chi connectivity index (χ1) is 14.5. The fraction of sp³-hybridized carbons (Fsp3) is 0.440. The second-order valence-electron chi connectivity index (χ2n) is 8.44. The zero-order valence-corrected chi connectivity index (χ0v) is 19.4. The van der Waals surface area contributed by atoms with Gasteiger partial charge in [0.25, 0.3) is 0 Å². The molecule has 0 bridgehead atoms. The van der Waals surface area contributed by atoms with E-state index in [0.717, 1.165) is 49.5 Å². The van der Waals surface area contributed by atoms with Crippen molar-refractivity contribution in [2.75, 3.05) is 25.4 Å². The highest BCUT2D eigenvalue weighted by Crippen LogP contribution is 2.34. The Morgan fingerprint density at radius 2 is 1.83 bits per heavy atom. The van der Waals surface area contributed by atoms with Crippen molar-refractivity contribution in [3.63, 3.8) is 0 Å². The van der Waals surface area contributed by atoms with Crippen LogP contribution in [0.5, 0.6) is 0 Å². The van der Waals surface area contributed by atoms with E-state index < -0.39 is 0 Å². The normalized spacial score (nSPS) is 17.1. The molecule has 0 N–H and O–H groups in total. The van der Waals surface area contributed by atoms with E-state index >= 15 is 0 Å². The summed E-state index contributed by atoms with van der Waals surface area (Å²) in [5.74, 6) is 0.735. The van der Waals surface area contributed by atoms with Crippen LogP contribution in [0.15, 0.2) is 58.8 Å². The van der Waals surface area contributed by atoms with Gasteiger partial charge in [0.15, 0.2) is 0 Å². The lowest BCUT2D eigenvalue weighted by atomic mass is 9.92. The van der Waals surface area contributed by atoms with E-state index in [1.54, 1.807) is 11.8 Å². The number of fused-ring (bicyclic) bond motifs is 1. The van der Waals surface area contributed by atoms with Gasteiger partial charge in [0.2, 0.25) is 0 Å². The molecular formula is C25H30FNOS2. The fourth-order valence-corrected chi connectivity index (χ4v) is 6.34. The number of likely N-dealkylation sites (tertiary alicyclic amines) is 1. The number of piperidine rings is 1. The molecule has 1 saturated heterocycles. The highest BCUT2D eigenvalue weighted by Gasteiger charge is 2.36. The molecule has 1 aromatic heterocycles. The minimum absolute atomic E-state index is 0.0984. The molecule has 160 valence electrons. The summed E-state index contributed by atoms with van der Waals surface area (Å²) in [6.07, 6.45) is 3.41. The van der Waals surface area contributed by atoms with Crippen molar-refractivity contribution < 1.29 is 9.13 Å². The van der Waals surface area contributed by atoms with Gasteiger partial charge in [0.05, 0.1) is 11.7 Å². The number of thiophene rings is 1. The lowest BCUT2D eigenvalue weighted by Crippen LogP contribution is -2.49. The quantitative estimate of drug-likeness (QED) is 0.362. The Balaban J connectivity index is 1.33. The molecule has 1 aliphatic rings. The van der Waals surface area contributed by atoms with Gasteiger partial charge in [-0.3, -0.25) is 0 Å². The van der Waals surface area contributed by atoms with Crippen molar-refractivity contribution in [1.29, 1.82) is 0 Å². The van der Waals surface area contributed by atoms with Crippen molar-refractivity contribution in [3.8, 4) is 0 Å². The van der Waals surface area contributed by atoms with Crippen LogP contribution in [0.1, 0.15) is 32.3 Å². The summed E-state index contributed by atoms with van der Waals surface area (Å²) in [5.41, 5.74) is 1.37. The zero-order chi connectivity index (χ0) is 21.0. The standard InChI is InChI=1S/C25H30FNOS2/c1-19(2)28-25(18-30-22-9-7-21(26)8-10-22)12-15-27(16-13-25)14-11-20-17-29-24-6-4-3-5-23(20)24/h3-10,17,19H,11-16,18H2,1-2H3. The van der Waals surface area contributed by atoms with Crippen molar-refractivity contribution in [2.24, 2.45) is 0 Å². The Morgan fingerprint density at radius 3 is 2.57 bits per heavy atom. The molecule has 1 fully saturated rings. The van der Waals surface area contributed by atoms with Gasteiger partial charge in [-0.05, 0) is 79.8 Å². The third-order valence-electron chi connectivity index (χ3n) is 5.83. The van der Waals surface area contributed by atoms with Crippen LogP contribution in [-0.2, 0) is 11.2 Å². The highest BCUT2D eigenvalue weighted by atomic mass is 32.2. The third kappa shape index (κ3) is 5.44. The molecule has 4 rings (SSSR count). The van der Waals surface area contributed by atoms with Crippen LogP contribution in [0.2, 0.25) is 0 Å². The zero-order valence-electron chi connectivity index (χ0n) is 17.8. The minimum atomic E-state index is -0.181. The van der Waals surface area contributed by atoms with Crippen molar-refractivity contribution in [1.82, 2.24) is 4.90 Å². The molecule has 5 heteroatoms. The number of thioether (sulfide) groups is 1. The maximum Gasteiger partial charge on any atom is 0.123 e. The molecule has 1 aliphatic heterocycles. The van der Waals surface area contributed by atoms with Crippen LogP contribution in [0.3, 0.4) is 0 Å². The van der Waals surface area contributed by atoms with Gasteiger partial charge in [0, 0.05) is 35.0 Å². The number of benzene rings is 2. The van der Waals surface area contributed by atoms with Gasteiger partial charge in [-0.1, -0.05) is 18.2 Å². The Morgan fingerprint density at radius 1 is 1.10 bits per heavy atom. The lowest BCUT2D eigenvalue weighted by molar-refractivity contribution is -0.0963. The minimum Gasteiger partial charge on any atom is -0.371 e. The maximum absolute atomic E-state index is 13.2. The van der Waals surface area contributed by atoms with Gasteiger partial charge in [0.1, 0.15) is 5.82 Å². The van der Waals surface area contributed by atoms with Crippen molar-refractivity contribution in [2.45, 2.75) is 49.7 Å². The van der Waals surface area contributed by atoms with Gasteiger partial charge >= 0.3 is 0 Å². The topological polar surface area (TPSA) is 12.5 Å². The first kappa shape index (κ1) is 21.8. The predicted molar refractivity (Wildman–Crippen MR) is 127 cm³/mol. The van der Waals surface area contributed by atoms with E-state index in [0.29, 0.717) is 0 Å². The first-order valence-corrected chi connectivity index (χ1v) is 12.6. The smallest absolute Gasteiger partial charge is 0.123 e. The number of halogens is 1. The van der Waals surface area contributed by atoms with Crippen LogP contribution in [0.25, 0.3) is 10.1 Å². The molecule has 2 aromatic carbocycles. The molecule has 2 heterocycles. The summed E-state index contributed by atoms with van der Waals surface area (Å²) in [4.78, 5) is 3.69. The Labute approximate surface area is 187 Å². The van der Waals surface area contributed by atoms with Crippen molar-refractivity contribution >= 4 is 33.2 Å². The monoisotopic (exact) mass is 443 g/mol. The van der Waals surface area contributed by atoms with Crippen LogP contribution in [0, 0.1) is 5.82 Å². The average Bonchev–Trinajstić information content (AvgIpc) is 3.16. The number of rotatable bonds is 8. The largest absolute Gasteiger partial charge is 0.371 e. The Bertz CT molecular complexity index is 945. The lowest BCUT2D eigenvalue weighted by Gasteiger charge is -2.42. The Hall–Kier alpha value is -1.40. The summed E-state index contributed by atoms with van der Waals surface area (Å²) in [6, 6.07) is 15.5. The van der Waals surface area contributed by atoms with E-state index in [1.165, 1.54) is 27.8 Å². The van der Waals surface area contributed by atoms with E-state index in [2.05, 4.69) is 48.4 Å². The van der Waals surface area contributed by atoms with Crippen LogP contribution >= 0.6 is 23.1 Å². The molecule has 0 atom stereocenters. The molecule has 0 radical (unpaired) electrons. The molecule has 0 amide bonds. The molecule has 0 saturated carbocycles. The summed E-state index contributed by atoms with van der Waals surface area (Å²) in [5, 5.41) is 3.73. The molecule has 30 heavy (non-hydrogen) atoms. The van der Waals surface area contributed by atoms with Gasteiger partial charge < -0.3 is 9.64 Å². The second-order valence-corrected chi connectivity index (χ2v) is 10.4. The molecule has 3 aromatic rings. The first-order valence-electron chi connectivity index (χ1n) is 10.8. The summed E-state index contributed by atoms with van der Waals surface area (Å²) < 4.78 is 21.0. The van der Waals surface area contributed by atoms with Gasteiger partial charge in [-0.2, -0.15) is 0 Å². The second kappa shape index (κ2) is 9.82. The summed E-state index contributed by atoms with van der Waals surface area (Å²) >= 11 is 3.63. The van der Waals surface area contributed by atoms with Crippen molar-refractivity contribution in [3.05, 3.63) is 65.3 Å². The maximum atomic E-state index is 13.2. The van der Waals surface area contributed by atoms with Crippen LogP contribution < -0.4 is 0 Å². The predicted octanol–water partition coefficient (Wildman–Crippen LogP) is 6.63. The summed E-state index contributed by atoms with van der Waals surface area (Å²) in [7, 11) is 0. The van der Waals surface area contributed by atoms with Crippen LogP contribution in [-0.4, -0.2) is 42.0 Å². The highest BCUT2D eigenvalue weighted by molar-refractivity contribution is 7.99. The molecule has 0 unspecified atom stereocenters. The van der Waals surface area contributed by atoms with E-state index in [1.807, 2.05) is 23.5 Å².